The first-order valence-electron chi connectivity index (χ1n) is 6.24. The van der Waals surface area contributed by atoms with Crippen LogP contribution in [0, 0.1) is 5.92 Å². The second-order valence-electron chi connectivity index (χ2n) is 4.60. The Morgan fingerprint density at radius 1 is 1.30 bits per heavy atom. The van der Waals surface area contributed by atoms with Crippen LogP contribution >= 0.6 is 23.4 Å². The van der Waals surface area contributed by atoms with Crippen LogP contribution in [0.2, 0.25) is 5.02 Å². The van der Waals surface area contributed by atoms with E-state index in [9.17, 15) is 9.59 Å². The highest BCUT2D eigenvalue weighted by atomic mass is 35.5. The number of rotatable bonds is 7. The third-order valence-electron chi connectivity index (χ3n) is 2.94. The van der Waals surface area contributed by atoms with Crippen LogP contribution in [0.4, 0.5) is 0 Å². The second kappa shape index (κ2) is 8.17. The molecule has 0 heterocycles. The molecule has 0 aliphatic heterocycles. The van der Waals surface area contributed by atoms with Crippen molar-refractivity contribution in [3.05, 3.63) is 34.9 Å². The zero-order valence-electron chi connectivity index (χ0n) is 11.4. The van der Waals surface area contributed by atoms with Gasteiger partial charge in [-0.15, -0.1) is 11.8 Å². The lowest BCUT2D eigenvalue weighted by Gasteiger charge is -2.17. The lowest BCUT2D eigenvalue weighted by atomic mass is 10.0. The predicted octanol–water partition coefficient (Wildman–Crippen LogP) is 2.80. The summed E-state index contributed by atoms with van der Waals surface area (Å²) in [5, 5.41) is 12.2. The van der Waals surface area contributed by atoms with Crippen molar-refractivity contribution >= 4 is 35.2 Å². The van der Waals surface area contributed by atoms with E-state index in [0.29, 0.717) is 16.5 Å². The number of halogens is 1. The van der Waals surface area contributed by atoms with Crippen molar-refractivity contribution in [3.63, 3.8) is 0 Å². The highest BCUT2D eigenvalue weighted by molar-refractivity contribution is 7.99. The molecule has 1 amide bonds. The molecule has 20 heavy (non-hydrogen) atoms. The molecule has 1 rings (SSSR count). The van der Waals surface area contributed by atoms with Crippen molar-refractivity contribution in [2.45, 2.75) is 25.6 Å². The number of nitrogens with one attached hydrogen (secondary N) is 1. The zero-order chi connectivity index (χ0) is 15.1. The third-order valence-corrected chi connectivity index (χ3v) is 4.20. The van der Waals surface area contributed by atoms with Crippen molar-refractivity contribution in [1.82, 2.24) is 5.32 Å². The Labute approximate surface area is 127 Å². The van der Waals surface area contributed by atoms with Gasteiger partial charge in [-0.3, -0.25) is 9.59 Å². The first kappa shape index (κ1) is 16.9. The SMILES string of the molecule is CC(NC(=O)CSCc1ccc(Cl)cc1)C(C)C(=O)O. The minimum atomic E-state index is -0.911. The van der Waals surface area contributed by atoms with Crippen LogP contribution in [-0.2, 0) is 15.3 Å². The van der Waals surface area contributed by atoms with Crippen molar-refractivity contribution in [2.24, 2.45) is 5.92 Å². The van der Waals surface area contributed by atoms with E-state index in [2.05, 4.69) is 5.32 Å². The summed E-state index contributed by atoms with van der Waals surface area (Å²) < 4.78 is 0. The fraction of sp³-hybridized carbons (Fsp3) is 0.429. The predicted molar refractivity (Wildman–Crippen MR) is 82.0 cm³/mol. The van der Waals surface area contributed by atoms with Crippen LogP contribution in [0.3, 0.4) is 0 Å². The highest BCUT2D eigenvalue weighted by Crippen LogP contribution is 2.15. The van der Waals surface area contributed by atoms with Gasteiger partial charge in [-0.1, -0.05) is 23.7 Å². The summed E-state index contributed by atoms with van der Waals surface area (Å²) in [5.41, 5.74) is 1.10. The van der Waals surface area contributed by atoms with E-state index in [1.54, 1.807) is 13.8 Å². The maximum Gasteiger partial charge on any atom is 0.308 e. The van der Waals surface area contributed by atoms with Gasteiger partial charge in [0.15, 0.2) is 0 Å². The molecule has 0 radical (unpaired) electrons. The Bertz CT molecular complexity index is 464. The Morgan fingerprint density at radius 3 is 2.45 bits per heavy atom. The molecule has 0 spiro atoms. The van der Waals surface area contributed by atoms with Gasteiger partial charge in [0.2, 0.25) is 5.91 Å². The molecular formula is C14H18ClNO3S. The molecule has 0 saturated carbocycles. The number of hydrogen-bond donors (Lipinski definition) is 2. The van der Waals surface area contributed by atoms with Crippen molar-refractivity contribution in [1.29, 1.82) is 0 Å². The van der Waals surface area contributed by atoms with Crippen molar-refractivity contribution in [2.75, 3.05) is 5.75 Å². The summed E-state index contributed by atoms with van der Waals surface area (Å²) >= 11 is 7.27. The molecule has 110 valence electrons. The average molecular weight is 316 g/mol. The molecule has 2 N–H and O–H groups in total. The van der Waals surface area contributed by atoms with Gasteiger partial charge in [-0.05, 0) is 31.5 Å². The number of carbonyl (C=O) groups excluding carboxylic acids is 1. The van der Waals surface area contributed by atoms with Crippen LogP contribution in [-0.4, -0.2) is 28.8 Å². The fourth-order valence-electron chi connectivity index (χ4n) is 1.48. The van der Waals surface area contributed by atoms with E-state index in [0.717, 1.165) is 5.56 Å². The molecule has 0 aromatic heterocycles. The standard InChI is InChI=1S/C14H18ClNO3S/c1-9(14(18)19)10(2)16-13(17)8-20-7-11-3-5-12(15)6-4-11/h3-6,9-10H,7-8H2,1-2H3,(H,16,17)(H,18,19). The quantitative estimate of drug-likeness (QED) is 0.812. The summed E-state index contributed by atoms with van der Waals surface area (Å²) in [6, 6.07) is 7.09. The molecule has 2 atom stereocenters. The molecule has 0 aliphatic carbocycles. The van der Waals surface area contributed by atoms with E-state index >= 15 is 0 Å². The Balaban J connectivity index is 2.29. The topological polar surface area (TPSA) is 66.4 Å². The van der Waals surface area contributed by atoms with Gasteiger partial charge >= 0.3 is 5.97 Å². The minimum absolute atomic E-state index is 0.149. The highest BCUT2D eigenvalue weighted by Gasteiger charge is 2.20. The van der Waals surface area contributed by atoms with Gasteiger partial charge in [-0.2, -0.15) is 0 Å². The number of benzene rings is 1. The van der Waals surface area contributed by atoms with Crippen LogP contribution in [0.5, 0.6) is 0 Å². The Morgan fingerprint density at radius 2 is 1.90 bits per heavy atom. The molecule has 1 aromatic rings. The number of hydrogen-bond acceptors (Lipinski definition) is 3. The van der Waals surface area contributed by atoms with Crippen molar-refractivity contribution in [3.8, 4) is 0 Å². The molecule has 4 nitrogen and oxygen atoms in total. The van der Waals surface area contributed by atoms with Crippen LogP contribution in [0.15, 0.2) is 24.3 Å². The maximum atomic E-state index is 11.7. The molecular weight excluding hydrogens is 298 g/mol. The van der Waals surface area contributed by atoms with Gasteiger partial charge in [0.1, 0.15) is 0 Å². The molecule has 0 saturated heterocycles. The van der Waals surface area contributed by atoms with Gasteiger partial charge < -0.3 is 10.4 Å². The monoisotopic (exact) mass is 315 g/mol. The van der Waals surface area contributed by atoms with E-state index in [1.165, 1.54) is 11.8 Å². The van der Waals surface area contributed by atoms with Gasteiger partial charge in [-0.25, -0.2) is 0 Å². The fourth-order valence-corrected chi connectivity index (χ4v) is 2.40. The number of amides is 1. The molecule has 0 fully saturated rings. The molecule has 1 aromatic carbocycles. The second-order valence-corrected chi connectivity index (χ2v) is 6.02. The number of carboxylic acids is 1. The lowest BCUT2D eigenvalue weighted by molar-refractivity contribution is -0.142. The van der Waals surface area contributed by atoms with E-state index in [4.69, 9.17) is 16.7 Å². The average Bonchev–Trinajstić information content (AvgIpc) is 2.39. The van der Waals surface area contributed by atoms with E-state index in [-0.39, 0.29) is 11.9 Å². The molecule has 0 bridgehead atoms. The summed E-state index contributed by atoms with van der Waals surface area (Å²) in [6.45, 7) is 3.27. The summed E-state index contributed by atoms with van der Waals surface area (Å²) in [7, 11) is 0. The summed E-state index contributed by atoms with van der Waals surface area (Å²) in [6.07, 6.45) is 0. The Kier molecular flexibility index (Phi) is 6.88. The molecule has 0 aliphatic rings. The van der Waals surface area contributed by atoms with Crippen LogP contribution in [0.1, 0.15) is 19.4 Å². The third kappa shape index (κ3) is 5.84. The Hall–Kier alpha value is -1.20. The van der Waals surface area contributed by atoms with Gasteiger partial charge in [0.05, 0.1) is 11.7 Å². The van der Waals surface area contributed by atoms with Gasteiger partial charge in [0, 0.05) is 16.8 Å². The normalized spacial score (nSPS) is 13.6. The summed E-state index contributed by atoms with van der Waals surface area (Å²) in [4.78, 5) is 22.5. The zero-order valence-corrected chi connectivity index (χ0v) is 13.0. The minimum Gasteiger partial charge on any atom is -0.481 e. The van der Waals surface area contributed by atoms with Crippen LogP contribution < -0.4 is 5.32 Å². The van der Waals surface area contributed by atoms with Crippen LogP contribution in [0.25, 0.3) is 0 Å². The largest absolute Gasteiger partial charge is 0.481 e. The number of carboxylic acid groups (broad SMARTS) is 1. The van der Waals surface area contributed by atoms with Gasteiger partial charge in [0.25, 0.3) is 0 Å². The maximum absolute atomic E-state index is 11.7. The first-order valence-corrected chi connectivity index (χ1v) is 7.77. The molecule has 2 unspecified atom stereocenters. The molecule has 6 heteroatoms. The number of carbonyl (C=O) groups is 2. The van der Waals surface area contributed by atoms with Crippen molar-refractivity contribution < 1.29 is 14.7 Å². The van der Waals surface area contributed by atoms with E-state index in [1.807, 2.05) is 24.3 Å². The van der Waals surface area contributed by atoms with E-state index < -0.39 is 11.9 Å². The smallest absolute Gasteiger partial charge is 0.308 e. The first-order chi connectivity index (χ1) is 9.40. The summed E-state index contributed by atoms with van der Waals surface area (Å²) in [5.74, 6) is -0.636. The lowest BCUT2D eigenvalue weighted by Crippen LogP contribution is -2.40. The number of thioether (sulfide) groups is 1. The number of aliphatic carboxylic acids is 1.